The highest BCUT2D eigenvalue weighted by Crippen LogP contribution is 2.19. The van der Waals surface area contributed by atoms with E-state index in [1.54, 1.807) is 0 Å². The molecular formula is C18H27N3O2. The number of carbonyl (C=O) groups is 2. The number of nitrogens with one attached hydrogen (secondary N) is 1. The van der Waals surface area contributed by atoms with Gasteiger partial charge in [-0.05, 0) is 18.4 Å². The topological polar surface area (TPSA) is 75.4 Å². The lowest BCUT2D eigenvalue weighted by Crippen LogP contribution is -2.45. The molecule has 1 atom stereocenters. The maximum atomic E-state index is 12.3. The Morgan fingerprint density at radius 1 is 1.22 bits per heavy atom. The third-order valence-electron chi connectivity index (χ3n) is 4.40. The van der Waals surface area contributed by atoms with Crippen LogP contribution in [0.3, 0.4) is 0 Å². The van der Waals surface area contributed by atoms with Gasteiger partial charge in [0.25, 0.3) is 0 Å². The second kappa shape index (κ2) is 8.11. The minimum atomic E-state index is -0.192. The Hall–Kier alpha value is -1.88. The van der Waals surface area contributed by atoms with Crippen LogP contribution in [-0.2, 0) is 9.59 Å². The Morgan fingerprint density at radius 3 is 2.39 bits per heavy atom. The highest BCUT2D eigenvalue weighted by atomic mass is 16.2. The molecule has 2 rings (SSSR count). The van der Waals surface area contributed by atoms with E-state index in [1.807, 2.05) is 49.1 Å². The number of nitrogens with zero attached hydrogens (tertiary/aromatic N) is 1. The van der Waals surface area contributed by atoms with E-state index >= 15 is 0 Å². The zero-order valence-electron chi connectivity index (χ0n) is 14.0. The van der Waals surface area contributed by atoms with E-state index in [1.165, 1.54) is 0 Å². The first-order chi connectivity index (χ1) is 11.0. The minimum Gasteiger partial charge on any atom is -0.354 e. The molecule has 0 radical (unpaired) electrons. The summed E-state index contributed by atoms with van der Waals surface area (Å²) >= 11 is 0. The number of likely N-dealkylation sites (tertiary alicyclic amines) is 1. The zero-order valence-corrected chi connectivity index (χ0v) is 14.0. The molecular weight excluding hydrogens is 290 g/mol. The van der Waals surface area contributed by atoms with Crippen LogP contribution in [0.4, 0.5) is 0 Å². The van der Waals surface area contributed by atoms with Crippen LogP contribution >= 0.6 is 0 Å². The molecule has 126 valence electrons. The van der Waals surface area contributed by atoms with Crippen molar-refractivity contribution in [2.24, 2.45) is 17.6 Å². The molecule has 0 spiro atoms. The normalized spacial score (nSPS) is 17.1. The van der Waals surface area contributed by atoms with E-state index in [9.17, 15) is 9.59 Å². The van der Waals surface area contributed by atoms with Gasteiger partial charge in [-0.1, -0.05) is 44.2 Å². The largest absolute Gasteiger partial charge is 0.354 e. The maximum absolute atomic E-state index is 12.3. The van der Waals surface area contributed by atoms with Gasteiger partial charge in [0.05, 0.1) is 0 Å². The van der Waals surface area contributed by atoms with Gasteiger partial charge in [-0.15, -0.1) is 0 Å². The first-order valence-electron chi connectivity index (χ1n) is 8.36. The molecule has 1 aromatic rings. The van der Waals surface area contributed by atoms with Gasteiger partial charge < -0.3 is 16.0 Å². The second-order valence-electron chi connectivity index (χ2n) is 6.52. The smallest absolute Gasteiger partial charge is 0.225 e. The molecule has 5 heteroatoms. The minimum absolute atomic E-state index is 0.0178. The van der Waals surface area contributed by atoms with Crippen LogP contribution < -0.4 is 11.1 Å². The predicted molar refractivity (Wildman–Crippen MR) is 90.5 cm³/mol. The van der Waals surface area contributed by atoms with Gasteiger partial charge in [0, 0.05) is 37.5 Å². The first-order valence-corrected chi connectivity index (χ1v) is 8.36. The molecule has 1 aromatic carbocycles. The fraction of sp³-hybridized carbons (Fsp3) is 0.556. The van der Waals surface area contributed by atoms with Crippen molar-refractivity contribution in [3.8, 4) is 0 Å². The molecule has 3 N–H and O–H groups in total. The van der Waals surface area contributed by atoms with E-state index in [0.717, 1.165) is 18.4 Å². The average Bonchev–Trinajstić information content (AvgIpc) is 2.59. The number of nitrogens with two attached hydrogens (primary N) is 1. The fourth-order valence-corrected chi connectivity index (χ4v) is 2.90. The monoisotopic (exact) mass is 317 g/mol. The fourth-order valence-electron chi connectivity index (χ4n) is 2.90. The van der Waals surface area contributed by atoms with Gasteiger partial charge >= 0.3 is 0 Å². The molecule has 23 heavy (non-hydrogen) atoms. The quantitative estimate of drug-likeness (QED) is 0.868. The summed E-state index contributed by atoms with van der Waals surface area (Å²) in [5, 5.41) is 2.95. The molecule has 1 unspecified atom stereocenters. The van der Waals surface area contributed by atoms with Gasteiger partial charge in [0.1, 0.15) is 0 Å². The molecule has 1 aliphatic heterocycles. The van der Waals surface area contributed by atoms with Crippen LogP contribution in [0, 0.1) is 11.8 Å². The molecule has 0 saturated carbocycles. The highest BCUT2D eigenvalue weighted by molar-refractivity contribution is 5.80. The van der Waals surface area contributed by atoms with E-state index in [4.69, 9.17) is 5.73 Å². The summed E-state index contributed by atoms with van der Waals surface area (Å²) in [6.45, 7) is 5.59. The van der Waals surface area contributed by atoms with Crippen LogP contribution in [0.5, 0.6) is 0 Å². The van der Waals surface area contributed by atoms with Gasteiger partial charge in [-0.3, -0.25) is 9.59 Å². The summed E-state index contributed by atoms with van der Waals surface area (Å²) in [5.41, 5.74) is 7.12. The van der Waals surface area contributed by atoms with Gasteiger partial charge in [-0.25, -0.2) is 0 Å². The van der Waals surface area contributed by atoms with E-state index in [2.05, 4.69) is 5.32 Å². The number of hydrogen-bond donors (Lipinski definition) is 2. The molecule has 0 bridgehead atoms. The lowest BCUT2D eigenvalue weighted by atomic mass is 9.95. The highest BCUT2D eigenvalue weighted by Gasteiger charge is 2.28. The molecule has 0 aliphatic carbocycles. The van der Waals surface area contributed by atoms with Crippen molar-refractivity contribution >= 4 is 11.8 Å². The summed E-state index contributed by atoms with van der Waals surface area (Å²) in [7, 11) is 0. The van der Waals surface area contributed by atoms with E-state index in [-0.39, 0.29) is 29.7 Å². The molecule has 1 saturated heterocycles. The number of benzene rings is 1. The van der Waals surface area contributed by atoms with Gasteiger partial charge in [-0.2, -0.15) is 0 Å². The van der Waals surface area contributed by atoms with Crippen molar-refractivity contribution in [1.29, 1.82) is 0 Å². The van der Waals surface area contributed by atoms with E-state index in [0.29, 0.717) is 19.6 Å². The number of amides is 2. The van der Waals surface area contributed by atoms with Crippen molar-refractivity contribution in [3.05, 3.63) is 35.9 Å². The predicted octanol–water partition coefficient (Wildman–Crippen LogP) is 1.70. The van der Waals surface area contributed by atoms with Crippen LogP contribution in [0.25, 0.3) is 0 Å². The molecule has 0 aromatic heterocycles. The van der Waals surface area contributed by atoms with E-state index < -0.39 is 0 Å². The third kappa shape index (κ3) is 4.79. The van der Waals surface area contributed by atoms with Crippen molar-refractivity contribution in [1.82, 2.24) is 10.2 Å². The Balaban J connectivity index is 1.76. The maximum Gasteiger partial charge on any atom is 0.225 e. The standard InChI is InChI=1S/C18H27N3O2/c1-13(2)18(23)21-10-8-15(9-11-21)17(22)20-12-16(19)14-6-4-3-5-7-14/h3-7,13,15-16H,8-12,19H2,1-2H3,(H,20,22). The lowest BCUT2D eigenvalue weighted by Gasteiger charge is -2.32. The summed E-state index contributed by atoms with van der Waals surface area (Å²) in [6, 6.07) is 9.57. The van der Waals surface area contributed by atoms with Crippen LogP contribution in [0.2, 0.25) is 0 Å². The SMILES string of the molecule is CC(C)C(=O)N1CCC(C(=O)NCC(N)c2ccccc2)CC1. The number of rotatable bonds is 5. The van der Waals surface area contributed by atoms with Crippen LogP contribution in [0.15, 0.2) is 30.3 Å². The molecule has 5 nitrogen and oxygen atoms in total. The molecule has 2 amide bonds. The van der Waals surface area contributed by atoms with Crippen LogP contribution in [0.1, 0.15) is 38.3 Å². The summed E-state index contributed by atoms with van der Waals surface area (Å²) in [5.74, 6) is 0.224. The van der Waals surface area contributed by atoms with Gasteiger partial charge in [0.15, 0.2) is 0 Å². The lowest BCUT2D eigenvalue weighted by molar-refractivity contribution is -0.138. The van der Waals surface area contributed by atoms with Crippen molar-refractivity contribution < 1.29 is 9.59 Å². The third-order valence-corrected chi connectivity index (χ3v) is 4.40. The van der Waals surface area contributed by atoms with Crippen molar-refractivity contribution in [3.63, 3.8) is 0 Å². The molecule has 1 fully saturated rings. The van der Waals surface area contributed by atoms with Crippen LogP contribution in [-0.4, -0.2) is 36.3 Å². The summed E-state index contributed by atoms with van der Waals surface area (Å²) in [6.07, 6.45) is 1.45. The van der Waals surface area contributed by atoms with Crippen molar-refractivity contribution in [2.75, 3.05) is 19.6 Å². The van der Waals surface area contributed by atoms with Gasteiger partial charge in [0.2, 0.25) is 11.8 Å². The molecule has 1 aliphatic rings. The Labute approximate surface area is 138 Å². The first kappa shape index (κ1) is 17.5. The number of hydrogen-bond acceptors (Lipinski definition) is 3. The van der Waals surface area contributed by atoms with Crippen molar-refractivity contribution in [2.45, 2.75) is 32.7 Å². The second-order valence-corrected chi connectivity index (χ2v) is 6.52. The Bertz CT molecular complexity index is 522. The number of piperidine rings is 1. The Kier molecular flexibility index (Phi) is 6.16. The number of carbonyl (C=O) groups excluding carboxylic acids is 2. The zero-order chi connectivity index (χ0) is 16.8. The summed E-state index contributed by atoms with van der Waals surface area (Å²) < 4.78 is 0. The molecule has 1 heterocycles. The summed E-state index contributed by atoms with van der Waals surface area (Å²) in [4.78, 5) is 26.1. The Morgan fingerprint density at radius 2 is 1.83 bits per heavy atom. The average molecular weight is 317 g/mol.